The lowest BCUT2D eigenvalue weighted by molar-refractivity contribution is 0.109. The molecule has 1 fully saturated rings. The van der Waals surface area contributed by atoms with Crippen molar-refractivity contribution in [1.29, 1.82) is 0 Å². The summed E-state index contributed by atoms with van der Waals surface area (Å²) in [5, 5.41) is 0. The molecular weight excluding hydrogens is 320 g/mol. The predicted molar refractivity (Wildman–Crippen MR) is 112 cm³/mol. The second-order valence-electron chi connectivity index (χ2n) is 7.84. The summed E-state index contributed by atoms with van der Waals surface area (Å²) >= 11 is 0. The van der Waals surface area contributed by atoms with Crippen molar-refractivity contribution < 1.29 is 4.74 Å². The number of benzene rings is 1. The summed E-state index contributed by atoms with van der Waals surface area (Å²) in [6.45, 7) is 15.8. The van der Waals surface area contributed by atoms with Gasteiger partial charge >= 0.3 is 0 Å². The maximum Gasteiger partial charge on any atom is 0.0466 e. The first kappa shape index (κ1) is 21.4. The molecule has 0 bridgehead atoms. The van der Waals surface area contributed by atoms with E-state index in [1.165, 1.54) is 76.0 Å². The molecule has 3 heteroatoms. The van der Waals surface area contributed by atoms with Crippen molar-refractivity contribution >= 4 is 0 Å². The highest BCUT2D eigenvalue weighted by Gasteiger charge is 2.16. The van der Waals surface area contributed by atoms with Crippen molar-refractivity contribution in [3.8, 4) is 0 Å². The van der Waals surface area contributed by atoms with E-state index >= 15 is 0 Å². The molecule has 0 aromatic heterocycles. The zero-order valence-corrected chi connectivity index (χ0v) is 17.4. The maximum atomic E-state index is 5.65. The highest BCUT2D eigenvalue weighted by molar-refractivity contribution is 5.25. The van der Waals surface area contributed by atoms with Crippen LogP contribution in [0.1, 0.15) is 69.9 Å². The van der Waals surface area contributed by atoms with Gasteiger partial charge in [-0.3, -0.25) is 4.90 Å². The average Bonchev–Trinajstić information content (AvgIpc) is 2.68. The Morgan fingerprint density at radius 1 is 0.885 bits per heavy atom. The van der Waals surface area contributed by atoms with Gasteiger partial charge in [0.25, 0.3) is 0 Å². The Labute approximate surface area is 161 Å². The van der Waals surface area contributed by atoms with Gasteiger partial charge in [-0.1, -0.05) is 51.5 Å². The monoisotopic (exact) mass is 360 g/mol. The lowest BCUT2D eigenvalue weighted by Crippen LogP contribution is -2.46. The van der Waals surface area contributed by atoms with Crippen molar-refractivity contribution in [2.24, 2.45) is 0 Å². The van der Waals surface area contributed by atoms with E-state index in [-0.39, 0.29) is 0 Å². The third-order valence-electron chi connectivity index (χ3n) is 5.69. The minimum Gasteiger partial charge on any atom is -0.381 e. The van der Waals surface area contributed by atoms with E-state index < -0.39 is 0 Å². The summed E-state index contributed by atoms with van der Waals surface area (Å²) < 4.78 is 5.65. The quantitative estimate of drug-likeness (QED) is 0.492. The summed E-state index contributed by atoms with van der Waals surface area (Å²) in [7, 11) is 0. The molecular formula is C23H40N2O. The van der Waals surface area contributed by atoms with Crippen LogP contribution in [0.5, 0.6) is 0 Å². The van der Waals surface area contributed by atoms with Gasteiger partial charge < -0.3 is 9.64 Å². The minimum absolute atomic E-state index is 0.671. The van der Waals surface area contributed by atoms with Gasteiger partial charge in [-0.15, -0.1) is 0 Å². The number of ether oxygens (including phenoxy) is 1. The van der Waals surface area contributed by atoms with Crippen LogP contribution in [0.3, 0.4) is 0 Å². The maximum absolute atomic E-state index is 5.65. The van der Waals surface area contributed by atoms with Gasteiger partial charge in [-0.25, -0.2) is 0 Å². The number of piperazine rings is 1. The summed E-state index contributed by atoms with van der Waals surface area (Å²) in [5.41, 5.74) is 2.93. The van der Waals surface area contributed by atoms with E-state index in [1.807, 2.05) is 0 Å². The molecule has 2 rings (SSSR count). The molecule has 0 aliphatic carbocycles. The van der Waals surface area contributed by atoms with Crippen LogP contribution in [0.25, 0.3) is 0 Å². The Hall–Kier alpha value is -0.900. The summed E-state index contributed by atoms with van der Waals surface area (Å²) in [6.07, 6.45) is 6.11. The van der Waals surface area contributed by atoms with E-state index in [4.69, 9.17) is 4.74 Å². The molecule has 26 heavy (non-hydrogen) atoms. The van der Waals surface area contributed by atoms with Gasteiger partial charge in [0.05, 0.1) is 0 Å². The Morgan fingerprint density at radius 3 is 2.19 bits per heavy atom. The predicted octanol–water partition coefficient (Wildman–Crippen LogP) is 4.91. The highest BCUT2D eigenvalue weighted by Crippen LogP contribution is 2.19. The molecule has 0 radical (unpaired) electrons. The minimum atomic E-state index is 0.671. The smallest absolute Gasteiger partial charge is 0.0466 e. The standard InChI is InChI=1S/C23H40N2O/c1-4-6-18-26-19-8-7-13-24-14-16-25(17-15-24)20-22-9-11-23(12-10-22)21(3)5-2/h9-12,21H,4-8,13-20H2,1-3H3. The first-order valence-corrected chi connectivity index (χ1v) is 10.8. The molecule has 148 valence electrons. The van der Waals surface area contributed by atoms with Crippen LogP contribution in [0.2, 0.25) is 0 Å². The number of nitrogens with zero attached hydrogens (tertiary/aromatic N) is 2. The molecule has 1 aromatic carbocycles. The van der Waals surface area contributed by atoms with E-state index in [0.29, 0.717) is 5.92 Å². The Morgan fingerprint density at radius 2 is 1.54 bits per heavy atom. The van der Waals surface area contributed by atoms with Gasteiger partial charge in [-0.2, -0.15) is 0 Å². The van der Waals surface area contributed by atoms with Crippen molar-refractivity contribution in [3.63, 3.8) is 0 Å². The first-order chi connectivity index (χ1) is 12.7. The van der Waals surface area contributed by atoms with E-state index in [0.717, 1.165) is 19.8 Å². The molecule has 0 spiro atoms. The third-order valence-corrected chi connectivity index (χ3v) is 5.69. The molecule has 3 nitrogen and oxygen atoms in total. The molecule has 0 N–H and O–H groups in total. The van der Waals surface area contributed by atoms with Crippen LogP contribution in [0.4, 0.5) is 0 Å². The zero-order valence-electron chi connectivity index (χ0n) is 17.4. The van der Waals surface area contributed by atoms with Crippen molar-refractivity contribution in [1.82, 2.24) is 9.80 Å². The zero-order chi connectivity index (χ0) is 18.6. The van der Waals surface area contributed by atoms with Crippen LogP contribution in [-0.2, 0) is 11.3 Å². The Balaban J connectivity index is 1.58. The molecule has 1 heterocycles. The van der Waals surface area contributed by atoms with E-state index in [1.54, 1.807) is 0 Å². The first-order valence-electron chi connectivity index (χ1n) is 10.8. The molecule has 0 amide bonds. The van der Waals surface area contributed by atoms with Gasteiger partial charge in [0.15, 0.2) is 0 Å². The molecule has 1 aliphatic heterocycles. The second kappa shape index (κ2) is 12.5. The second-order valence-corrected chi connectivity index (χ2v) is 7.84. The van der Waals surface area contributed by atoms with Crippen LogP contribution >= 0.6 is 0 Å². The van der Waals surface area contributed by atoms with E-state index in [9.17, 15) is 0 Å². The lowest BCUT2D eigenvalue weighted by atomic mass is 9.97. The lowest BCUT2D eigenvalue weighted by Gasteiger charge is -2.34. The van der Waals surface area contributed by atoms with Crippen LogP contribution in [0.15, 0.2) is 24.3 Å². The highest BCUT2D eigenvalue weighted by atomic mass is 16.5. The van der Waals surface area contributed by atoms with Crippen LogP contribution in [0, 0.1) is 0 Å². The third kappa shape index (κ3) is 7.77. The fraction of sp³-hybridized carbons (Fsp3) is 0.739. The topological polar surface area (TPSA) is 15.7 Å². The largest absolute Gasteiger partial charge is 0.381 e. The van der Waals surface area contributed by atoms with Crippen LogP contribution in [-0.4, -0.2) is 55.7 Å². The number of hydrogen-bond donors (Lipinski definition) is 0. The van der Waals surface area contributed by atoms with Crippen molar-refractivity contribution in [2.45, 2.75) is 65.3 Å². The molecule has 1 unspecified atom stereocenters. The molecule has 1 atom stereocenters. The van der Waals surface area contributed by atoms with Crippen molar-refractivity contribution in [3.05, 3.63) is 35.4 Å². The Bertz CT molecular complexity index is 466. The summed E-state index contributed by atoms with van der Waals surface area (Å²) in [5.74, 6) is 0.671. The molecule has 1 aromatic rings. The number of unbranched alkanes of at least 4 members (excludes halogenated alkanes) is 2. The normalized spacial score (nSPS) is 17.5. The van der Waals surface area contributed by atoms with Gasteiger partial charge in [0, 0.05) is 45.9 Å². The van der Waals surface area contributed by atoms with Gasteiger partial charge in [0.2, 0.25) is 0 Å². The molecule has 0 saturated carbocycles. The van der Waals surface area contributed by atoms with Crippen LogP contribution < -0.4 is 0 Å². The summed E-state index contributed by atoms with van der Waals surface area (Å²) in [6, 6.07) is 9.30. The average molecular weight is 361 g/mol. The fourth-order valence-corrected chi connectivity index (χ4v) is 3.50. The Kier molecular flexibility index (Phi) is 10.3. The number of rotatable bonds is 12. The number of hydrogen-bond acceptors (Lipinski definition) is 3. The molecule has 1 aliphatic rings. The van der Waals surface area contributed by atoms with E-state index in [2.05, 4.69) is 54.8 Å². The summed E-state index contributed by atoms with van der Waals surface area (Å²) in [4.78, 5) is 5.22. The van der Waals surface area contributed by atoms with Gasteiger partial charge in [-0.05, 0) is 49.3 Å². The van der Waals surface area contributed by atoms with Gasteiger partial charge in [0.1, 0.15) is 0 Å². The SMILES string of the molecule is CCCCOCCCCN1CCN(Cc2ccc(C(C)CC)cc2)CC1. The van der Waals surface area contributed by atoms with Crippen molar-refractivity contribution in [2.75, 3.05) is 45.9 Å². The molecule has 1 saturated heterocycles. The fourth-order valence-electron chi connectivity index (χ4n) is 3.50.